The summed E-state index contributed by atoms with van der Waals surface area (Å²) in [5.41, 5.74) is 2.63. The van der Waals surface area contributed by atoms with Gasteiger partial charge in [0, 0.05) is 20.0 Å². The van der Waals surface area contributed by atoms with E-state index in [0.717, 1.165) is 11.3 Å². The molecule has 1 aliphatic rings. The number of carbonyl (C=O) groups excluding carboxylic acids is 2. The van der Waals surface area contributed by atoms with Crippen molar-refractivity contribution in [2.45, 2.75) is 19.4 Å². The molecule has 0 N–H and O–H groups in total. The van der Waals surface area contributed by atoms with Crippen molar-refractivity contribution >= 4 is 17.5 Å². The van der Waals surface area contributed by atoms with Gasteiger partial charge in [-0.25, -0.2) is 9.67 Å². The minimum atomic E-state index is -0.138. The number of nitrogens with zero attached hydrogens (tertiary/aromatic N) is 5. The lowest BCUT2D eigenvalue weighted by atomic mass is 10.1. The van der Waals surface area contributed by atoms with Crippen LogP contribution >= 0.6 is 0 Å². The molecule has 0 unspecified atom stereocenters. The summed E-state index contributed by atoms with van der Waals surface area (Å²) in [7, 11) is 1.79. The molecule has 0 aliphatic carbocycles. The summed E-state index contributed by atoms with van der Waals surface area (Å²) in [6, 6.07) is 15.1. The third-order valence-corrected chi connectivity index (χ3v) is 5.39. The monoisotopic (exact) mass is 405 g/mol. The molecule has 0 bridgehead atoms. The molecule has 1 aromatic heterocycles. The van der Waals surface area contributed by atoms with E-state index in [-0.39, 0.29) is 30.9 Å². The number of ether oxygens (including phenoxy) is 1. The smallest absolute Gasteiger partial charge is 0.265 e. The molecule has 154 valence electrons. The van der Waals surface area contributed by atoms with Crippen molar-refractivity contribution in [1.82, 2.24) is 19.7 Å². The van der Waals surface area contributed by atoms with Crippen molar-refractivity contribution in [2.24, 2.45) is 0 Å². The zero-order chi connectivity index (χ0) is 21.1. The molecule has 2 aromatic carbocycles. The Morgan fingerprint density at radius 3 is 2.70 bits per heavy atom. The number of benzene rings is 2. The SMILES string of the molecule is C[C@@H](c1ccc(-n2cncn2)cc1)N(C)C(=O)CCN1C(=O)COc2ccccc21. The van der Waals surface area contributed by atoms with Crippen LogP contribution in [-0.4, -0.2) is 51.7 Å². The van der Waals surface area contributed by atoms with E-state index >= 15 is 0 Å². The Labute approximate surface area is 174 Å². The van der Waals surface area contributed by atoms with Crippen molar-refractivity contribution in [3.8, 4) is 11.4 Å². The third kappa shape index (κ3) is 3.89. The number of anilines is 1. The van der Waals surface area contributed by atoms with Crippen molar-refractivity contribution in [1.29, 1.82) is 0 Å². The number of amides is 2. The summed E-state index contributed by atoms with van der Waals surface area (Å²) < 4.78 is 7.14. The molecule has 8 heteroatoms. The van der Waals surface area contributed by atoms with Crippen LogP contribution in [-0.2, 0) is 9.59 Å². The second-order valence-electron chi connectivity index (χ2n) is 7.16. The number of rotatable bonds is 6. The fourth-order valence-electron chi connectivity index (χ4n) is 3.47. The lowest BCUT2D eigenvalue weighted by Crippen LogP contribution is -2.41. The maximum Gasteiger partial charge on any atom is 0.265 e. The van der Waals surface area contributed by atoms with Crippen molar-refractivity contribution in [2.75, 3.05) is 25.1 Å². The van der Waals surface area contributed by atoms with Crippen LogP contribution in [0, 0.1) is 0 Å². The van der Waals surface area contributed by atoms with E-state index in [2.05, 4.69) is 10.1 Å². The van der Waals surface area contributed by atoms with E-state index in [9.17, 15) is 9.59 Å². The number of carbonyl (C=O) groups is 2. The highest BCUT2D eigenvalue weighted by atomic mass is 16.5. The zero-order valence-electron chi connectivity index (χ0n) is 16.9. The van der Waals surface area contributed by atoms with Gasteiger partial charge in [0.15, 0.2) is 6.61 Å². The van der Waals surface area contributed by atoms with Crippen LogP contribution in [0.2, 0.25) is 0 Å². The summed E-state index contributed by atoms with van der Waals surface area (Å²) in [6.45, 7) is 2.30. The quantitative estimate of drug-likeness (QED) is 0.630. The molecular formula is C22H23N5O3. The van der Waals surface area contributed by atoms with E-state index < -0.39 is 0 Å². The minimum absolute atomic E-state index is 0.00440. The van der Waals surface area contributed by atoms with Gasteiger partial charge in [0.05, 0.1) is 17.4 Å². The number of para-hydroxylation sites is 2. The van der Waals surface area contributed by atoms with Crippen LogP contribution in [0.3, 0.4) is 0 Å². The first-order valence-corrected chi connectivity index (χ1v) is 9.77. The molecule has 0 spiro atoms. The molecule has 4 rings (SSSR count). The van der Waals surface area contributed by atoms with E-state index in [1.165, 1.54) is 6.33 Å². The molecule has 0 saturated heterocycles. The number of hydrogen-bond donors (Lipinski definition) is 0. The molecule has 2 amide bonds. The van der Waals surface area contributed by atoms with E-state index in [0.29, 0.717) is 18.0 Å². The maximum absolute atomic E-state index is 12.8. The lowest BCUT2D eigenvalue weighted by molar-refractivity contribution is -0.131. The van der Waals surface area contributed by atoms with Crippen LogP contribution in [0.25, 0.3) is 5.69 Å². The molecule has 1 aliphatic heterocycles. The molecule has 0 fully saturated rings. The Morgan fingerprint density at radius 1 is 1.20 bits per heavy atom. The van der Waals surface area contributed by atoms with Gasteiger partial charge in [-0.05, 0) is 36.8 Å². The molecule has 0 radical (unpaired) electrons. The lowest BCUT2D eigenvalue weighted by Gasteiger charge is -2.30. The number of hydrogen-bond acceptors (Lipinski definition) is 5. The highest BCUT2D eigenvalue weighted by molar-refractivity contribution is 5.98. The minimum Gasteiger partial charge on any atom is -0.482 e. The molecule has 0 saturated carbocycles. The molecule has 1 atom stereocenters. The summed E-state index contributed by atoms with van der Waals surface area (Å²) in [5.74, 6) is 0.499. The largest absolute Gasteiger partial charge is 0.482 e. The Kier molecular flexibility index (Phi) is 5.47. The Bertz CT molecular complexity index is 1030. The average molecular weight is 405 g/mol. The molecular weight excluding hydrogens is 382 g/mol. The van der Waals surface area contributed by atoms with Gasteiger partial charge >= 0.3 is 0 Å². The second-order valence-corrected chi connectivity index (χ2v) is 7.16. The molecule has 2 heterocycles. The predicted molar refractivity (Wildman–Crippen MR) is 111 cm³/mol. The van der Waals surface area contributed by atoms with E-state index in [4.69, 9.17) is 4.74 Å². The Hall–Kier alpha value is -3.68. The van der Waals surface area contributed by atoms with Crippen LogP contribution in [0.5, 0.6) is 5.75 Å². The first-order valence-electron chi connectivity index (χ1n) is 9.77. The zero-order valence-corrected chi connectivity index (χ0v) is 16.9. The van der Waals surface area contributed by atoms with Crippen LogP contribution in [0.1, 0.15) is 24.9 Å². The van der Waals surface area contributed by atoms with Crippen molar-refractivity contribution in [3.05, 3.63) is 66.7 Å². The summed E-state index contributed by atoms with van der Waals surface area (Å²) in [6.07, 6.45) is 3.36. The van der Waals surface area contributed by atoms with Crippen LogP contribution < -0.4 is 9.64 Å². The number of aromatic nitrogens is 3. The van der Waals surface area contributed by atoms with Crippen molar-refractivity contribution < 1.29 is 14.3 Å². The molecule has 30 heavy (non-hydrogen) atoms. The Morgan fingerprint density at radius 2 is 1.97 bits per heavy atom. The predicted octanol–water partition coefficient (Wildman–Crippen LogP) is 2.60. The second kappa shape index (κ2) is 8.36. The van der Waals surface area contributed by atoms with Gasteiger partial charge in [-0.2, -0.15) is 5.10 Å². The van der Waals surface area contributed by atoms with Gasteiger partial charge in [-0.15, -0.1) is 0 Å². The van der Waals surface area contributed by atoms with Crippen molar-refractivity contribution in [3.63, 3.8) is 0 Å². The summed E-state index contributed by atoms with van der Waals surface area (Å²) >= 11 is 0. The van der Waals surface area contributed by atoms with Gasteiger partial charge < -0.3 is 14.5 Å². The van der Waals surface area contributed by atoms with Gasteiger partial charge in [-0.3, -0.25) is 9.59 Å². The van der Waals surface area contributed by atoms with Gasteiger partial charge in [0.1, 0.15) is 18.4 Å². The fourth-order valence-corrected chi connectivity index (χ4v) is 3.47. The Balaban J connectivity index is 1.39. The van der Waals surface area contributed by atoms with E-state index in [1.807, 2.05) is 55.5 Å². The third-order valence-electron chi connectivity index (χ3n) is 5.39. The van der Waals surface area contributed by atoms with Crippen LogP contribution in [0.15, 0.2) is 61.2 Å². The van der Waals surface area contributed by atoms with E-state index in [1.54, 1.807) is 27.9 Å². The molecule has 3 aromatic rings. The van der Waals surface area contributed by atoms with Gasteiger partial charge in [-0.1, -0.05) is 24.3 Å². The highest BCUT2D eigenvalue weighted by Crippen LogP contribution is 2.31. The summed E-state index contributed by atoms with van der Waals surface area (Å²) in [5, 5.41) is 4.12. The maximum atomic E-state index is 12.8. The summed E-state index contributed by atoms with van der Waals surface area (Å²) in [4.78, 5) is 32.4. The number of fused-ring (bicyclic) bond motifs is 1. The first kappa shape index (κ1) is 19.6. The van der Waals surface area contributed by atoms with Crippen LogP contribution in [0.4, 0.5) is 5.69 Å². The van der Waals surface area contributed by atoms with Gasteiger partial charge in [0.25, 0.3) is 5.91 Å². The highest BCUT2D eigenvalue weighted by Gasteiger charge is 2.26. The normalized spacial score (nSPS) is 14.1. The topological polar surface area (TPSA) is 80.6 Å². The first-order chi connectivity index (χ1) is 14.5. The van der Waals surface area contributed by atoms with Gasteiger partial charge in [0.2, 0.25) is 5.91 Å². The fraction of sp³-hybridized carbons (Fsp3) is 0.273. The molecule has 8 nitrogen and oxygen atoms in total. The average Bonchev–Trinajstić information content (AvgIpc) is 3.32. The standard InChI is InChI=1S/C22H23N5O3/c1-16(17-7-9-18(10-8-17)27-15-23-14-24-27)25(2)21(28)11-12-26-19-5-3-4-6-20(19)30-13-22(26)29/h3-10,14-16H,11-13H2,1-2H3/t16-/m0/s1.